The molecule has 4 heteroatoms. The summed E-state index contributed by atoms with van der Waals surface area (Å²) in [4.78, 5) is 1.39. The molecule has 1 aromatic carbocycles. The van der Waals surface area contributed by atoms with Crippen molar-refractivity contribution in [2.75, 3.05) is 14.2 Å². The van der Waals surface area contributed by atoms with Gasteiger partial charge in [-0.2, -0.15) is 0 Å². The van der Waals surface area contributed by atoms with E-state index in [0.717, 1.165) is 36.4 Å². The maximum absolute atomic E-state index is 5.49. The van der Waals surface area contributed by atoms with Gasteiger partial charge >= 0.3 is 0 Å². The summed E-state index contributed by atoms with van der Waals surface area (Å²) >= 11 is 1.81. The molecule has 0 radical (unpaired) electrons. The summed E-state index contributed by atoms with van der Waals surface area (Å²) in [5, 5.41) is 5.77. The van der Waals surface area contributed by atoms with Crippen LogP contribution in [0.1, 0.15) is 36.2 Å². The van der Waals surface area contributed by atoms with Gasteiger partial charge in [0.1, 0.15) is 0 Å². The topological polar surface area (TPSA) is 30.5 Å². The average Bonchev–Trinajstić information content (AvgIpc) is 3.05. The van der Waals surface area contributed by atoms with Crippen LogP contribution in [0.4, 0.5) is 0 Å². The van der Waals surface area contributed by atoms with Gasteiger partial charge in [0, 0.05) is 23.0 Å². The fourth-order valence-electron chi connectivity index (χ4n) is 2.45. The minimum atomic E-state index is 0.394. The zero-order valence-corrected chi connectivity index (χ0v) is 13.7. The Bertz CT molecular complexity index is 540. The van der Waals surface area contributed by atoms with E-state index in [1.165, 1.54) is 4.88 Å². The normalized spacial score (nSPS) is 12.1. The van der Waals surface area contributed by atoms with Crippen molar-refractivity contribution in [1.82, 2.24) is 5.32 Å². The van der Waals surface area contributed by atoms with Crippen LogP contribution in [-0.2, 0) is 6.54 Å². The molecule has 1 unspecified atom stereocenters. The second kappa shape index (κ2) is 8.05. The third-order valence-electron chi connectivity index (χ3n) is 3.49. The number of rotatable bonds is 8. The van der Waals surface area contributed by atoms with E-state index in [-0.39, 0.29) is 0 Å². The molecule has 1 aromatic heterocycles. The highest BCUT2D eigenvalue weighted by atomic mass is 32.1. The van der Waals surface area contributed by atoms with E-state index in [1.54, 1.807) is 25.6 Å². The van der Waals surface area contributed by atoms with Gasteiger partial charge in [0.05, 0.1) is 14.2 Å². The molecule has 0 saturated carbocycles. The Balaban J connectivity index is 2.10. The van der Waals surface area contributed by atoms with Crippen molar-refractivity contribution in [3.63, 3.8) is 0 Å². The molecule has 0 aliphatic heterocycles. The Morgan fingerprint density at radius 2 is 2.00 bits per heavy atom. The van der Waals surface area contributed by atoms with Crippen LogP contribution in [0.5, 0.6) is 11.5 Å². The van der Waals surface area contributed by atoms with Crippen LogP contribution >= 0.6 is 11.3 Å². The van der Waals surface area contributed by atoms with Gasteiger partial charge in [-0.15, -0.1) is 11.3 Å². The predicted octanol–water partition coefficient (Wildman–Crippen LogP) is 4.40. The number of ether oxygens (including phenoxy) is 2. The molecule has 1 heterocycles. The van der Waals surface area contributed by atoms with Crippen molar-refractivity contribution in [2.45, 2.75) is 32.4 Å². The van der Waals surface area contributed by atoms with Crippen molar-refractivity contribution in [1.29, 1.82) is 0 Å². The molecule has 114 valence electrons. The van der Waals surface area contributed by atoms with Crippen LogP contribution < -0.4 is 14.8 Å². The summed E-state index contributed by atoms with van der Waals surface area (Å²) < 4.78 is 10.8. The Morgan fingerprint density at radius 3 is 2.62 bits per heavy atom. The molecule has 0 bridgehead atoms. The minimum Gasteiger partial charge on any atom is -0.493 e. The summed E-state index contributed by atoms with van der Waals surface area (Å²) in [7, 11) is 3.35. The lowest BCUT2D eigenvalue weighted by Gasteiger charge is -2.18. The highest BCUT2D eigenvalue weighted by Gasteiger charge is 2.14. The summed E-state index contributed by atoms with van der Waals surface area (Å²) in [5.41, 5.74) is 1.12. The highest BCUT2D eigenvalue weighted by Crippen LogP contribution is 2.31. The van der Waals surface area contributed by atoms with Crippen LogP contribution in [0, 0.1) is 0 Å². The molecule has 2 rings (SSSR count). The van der Waals surface area contributed by atoms with Gasteiger partial charge in [-0.1, -0.05) is 31.5 Å². The summed E-state index contributed by atoms with van der Waals surface area (Å²) in [6, 6.07) is 10.7. The van der Waals surface area contributed by atoms with Crippen molar-refractivity contribution in [3.8, 4) is 11.5 Å². The quantitative estimate of drug-likeness (QED) is 0.784. The minimum absolute atomic E-state index is 0.394. The lowest BCUT2D eigenvalue weighted by Crippen LogP contribution is -2.20. The van der Waals surface area contributed by atoms with Gasteiger partial charge in [0.2, 0.25) is 0 Å². The summed E-state index contributed by atoms with van der Waals surface area (Å²) in [6.07, 6.45) is 2.29. The van der Waals surface area contributed by atoms with Gasteiger partial charge in [0.15, 0.2) is 11.5 Å². The predicted molar refractivity (Wildman–Crippen MR) is 88.4 cm³/mol. The SMILES string of the molecule is CCCC(NCc1cccc(OC)c1OC)c1cccs1. The number of thiophene rings is 1. The average molecular weight is 305 g/mol. The first-order valence-electron chi connectivity index (χ1n) is 7.26. The zero-order chi connectivity index (χ0) is 15.1. The van der Waals surface area contributed by atoms with Gasteiger partial charge in [-0.3, -0.25) is 0 Å². The number of benzene rings is 1. The van der Waals surface area contributed by atoms with Crippen molar-refractivity contribution >= 4 is 11.3 Å². The third-order valence-corrected chi connectivity index (χ3v) is 4.47. The molecule has 0 fully saturated rings. The van der Waals surface area contributed by atoms with E-state index in [9.17, 15) is 0 Å². The molecule has 3 nitrogen and oxygen atoms in total. The molecule has 1 N–H and O–H groups in total. The molecule has 2 aromatic rings. The van der Waals surface area contributed by atoms with Crippen LogP contribution in [0.2, 0.25) is 0 Å². The van der Waals surface area contributed by atoms with Gasteiger partial charge < -0.3 is 14.8 Å². The Labute approximate surface area is 130 Å². The van der Waals surface area contributed by atoms with Crippen LogP contribution in [0.25, 0.3) is 0 Å². The third kappa shape index (κ3) is 3.99. The van der Waals surface area contributed by atoms with Crippen LogP contribution in [0.3, 0.4) is 0 Å². The highest BCUT2D eigenvalue weighted by molar-refractivity contribution is 7.10. The van der Waals surface area contributed by atoms with Crippen molar-refractivity contribution in [3.05, 3.63) is 46.2 Å². The number of hydrogen-bond acceptors (Lipinski definition) is 4. The van der Waals surface area contributed by atoms with E-state index in [2.05, 4.69) is 35.8 Å². The van der Waals surface area contributed by atoms with E-state index in [4.69, 9.17) is 9.47 Å². The van der Waals surface area contributed by atoms with Crippen molar-refractivity contribution < 1.29 is 9.47 Å². The molecule has 0 saturated heterocycles. The summed E-state index contributed by atoms with van der Waals surface area (Å²) in [6.45, 7) is 2.98. The largest absolute Gasteiger partial charge is 0.493 e. The van der Waals surface area contributed by atoms with E-state index >= 15 is 0 Å². The number of hydrogen-bond donors (Lipinski definition) is 1. The standard InChI is InChI=1S/C17H23NO2S/c1-4-7-14(16-10-6-11-21-16)18-12-13-8-5-9-15(19-2)17(13)20-3/h5-6,8-11,14,18H,4,7,12H2,1-3H3. The summed E-state index contributed by atoms with van der Waals surface area (Å²) in [5.74, 6) is 1.59. The molecular formula is C17H23NO2S. The van der Waals surface area contributed by atoms with Gasteiger partial charge in [-0.05, 0) is 23.9 Å². The first kappa shape index (κ1) is 15.9. The number of nitrogens with one attached hydrogen (secondary N) is 1. The molecule has 0 amide bonds. The maximum atomic E-state index is 5.49. The Hall–Kier alpha value is -1.52. The second-order valence-electron chi connectivity index (χ2n) is 4.89. The second-order valence-corrected chi connectivity index (χ2v) is 5.87. The zero-order valence-electron chi connectivity index (χ0n) is 12.9. The lowest BCUT2D eigenvalue weighted by atomic mass is 10.1. The van der Waals surface area contributed by atoms with E-state index < -0.39 is 0 Å². The number of para-hydroxylation sites is 1. The van der Waals surface area contributed by atoms with Gasteiger partial charge in [-0.25, -0.2) is 0 Å². The molecule has 0 spiro atoms. The lowest BCUT2D eigenvalue weighted by molar-refractivity contribution is 0.349. The van der Waals surface area contributed by atoms with E-state index in [0.29, 0.717) is 6.04 Å². The van der Waals surface area contributed by atoms with Crippen LogP contribution in [-0.4, -0.2) is 14.2 Å². The molecule has 21 heavy (non-hydrogen) atoms. The molecule has 0 aliphatic carbocycles. The smallest absolute Gasteiger partial charge is 0.165 e. The molecular weight excluding hydrogens is 282 g/mol. The first-order chi connectivity index (χ1) is 10.3. The fourth-order valence-corrected chi connectivity index (χ4v) is 3.29. The maximum Gasteiger partial charge on any atom is 0.165 e. The Morgan fingerprint density at radius 1 is 1.14 bits per heavy atom. The fraction of sp³-hybridized carbons (Fsp3) is 0.412. The monoisotopic (exact) mass is 305 g/mol. The first-order valence-corrected chi connectivity index (χ1v) is 8.14. The van der Waals surface area contributed by atoms with Crippen LogP contribution in [0.15, 0.2) is 35.7 Å². The number of methoxy groups -OCH3 is 2. The van der Waals surface area contributed by atoms with E-state index in [1.807, 2.05) is 12.1 Å². The molecule has 0 aliphatic rings. The van der Waals surface area contributed by atoms with Crippen molar-refractivity contribution in [2.24, 2.45) is 0 Å². The Kier molecular flexibility index (Phi) is 6.08. The van der Waals surface area contributed by atoms with Gasteiger partial charge in [0.25, 0.3) is 0 Å². The molecule has 1 atom stereocenters.